The fourth-order valence-electron chi connectivity index (χ4n) is 5.39. The lowest BCUT2D eigenvalue weighted by Gasteiger charge is -2.42. The quantitative estimate of drug-likeness (QED) is 0.267. The Morgan fingerprint density at radius 3 is 2.43 bits per heavy atom. The van der Waals surface area contributed by atoms with Crippen molar-refractivity contribution in [1.29, 1.82) is 0 Å². The number of nitrogens with zero attached hydrogens (tertiary/aromatic N) is 4. The predicted molar refractivity (Wildman–Crippen MR) is 147 cm³/mol. The minimum atomic E-state index is -0.321. The molecule has 1 aliphatic rings. The molecule has 6 rings (SSSR count). The van der Waals surface area contributed by atoms with Crippen LogP contribution < -0.4 is 4.90 Å². The molecule has 3 aromatic carbocycles. The Kier molecular flexibility index (Phi) is 6.22. The number of para-hydroxylation sites is 1. The van der Waals surface area contributed by atoms with Crippen LogP contribution in [0.5, 0.6) is 0 Å². The number of anilines is 1. The molecule has 186 valence electrons. The molecule has 0 spiro atoms. The second kappa shape index (κ2) is 9.82. The molecule has 0 N–H and O–H groups in total. The summed E-state index contributed by atoms with van der Waals surface area (Å²) in [4.78, 5) is 24.1. The van der Waals surface area contributed by atoms with E-state index in [1.165, 1.54) is 17.4 Å². The van der Waals surface area contributed by atoms with Crippen molar-refractivity contribution in [3.05, 3.63) is 114 Å². The van der Waals surface area contributed by atoms with Crippen molar-refractivity contribution in [2.75, 3.05) is 25.1 Å². The number of aromatic nitrogens is 3. The summed E-state index contributed by atoms with van der Waals surface area (Å²) < 4.78 is 8.32. The monoisotopic (exact) mass is 508 g/mol. The van der Waals surface area contributed by atoms with Gasteiger partial charge in [-0.3, -0.25) is 0 Å². The van der Waals surface area contributed by atoms with Crippen LogP contribution in [0.2, 0.25) is 0 Å². The molecule has 2 aromatic heterocycles. The SMILES string of the molecule is COC(=O)c1ccc(Cn2ccnc2C2(c3ccccc3)CCN(c3nc4ccccc4s3)CC2)cc1. The molecular formula is C30H28N4O2S. The topological polar surface area (TPSA) is 60.3 Å². The first-order chi connectivity index (χ1) is 18.2. The summed E-state index contributed by atoms with van der Waals surface area (Å²) in [5.41, 5.74) is 3.84. The molecule has 5 aromatic rings. The van der Waals surface area contributed by atoms with Crippen LogP contribution >= 0.6 is 11.3 Å². The van der Waals surface area contributed by atoms with Gasteiger partial charge in [-0.15, -0.1) is 0 Å². The number of thiazole rings is 1. The fourth-order valence-corrected chi connectivity index (χ4v) is 6.41. The maximum absolute atomic E-state index is 11.8. The maximum Gasteiger partial charge on any atom is 0.337 e. The molecule has 1 aliphatic heterocycles. The fraction of sp³-hybridized carbons (Fsp3) is 0.233. The second-order valence-corrected chi connectivity index (χ2v) is 10.5. The molecule has 7 heteroatoms. The lowest BCUT2D eigenvalue weighted by molar-refractivity contribution is 0.0600. The van der Waals surface area contributed by atoms with Crippen LogP contribution in [-0.4, -0.2) is 40.7 Å². The zero-order chi connectivity index (χ0) is 25.2. The van der Waals surface area contributed by atoms with Gasteiger partial charge < -0.3 is 14.2 Å². The van der Waals surface area contributed by atoms with Crippen LogP contribution in [-0.2, 0) is 16.7 Å². The number of carbonyl (C=O) groups excluding carboxylic acids is 1. The lowest BCUT2D eigenvalue weighted by Crippen LogP contribution is -2.45. The van der Waals surface area contributed by atoms with Crippen molar-refractivity contribution in [2.45, 2.75) is 24.8 Å². The highest BCUT2D eigenvalue weighted by Crippen LogP contribution is 2.43. The van der Waals surface area contributed by atoms with E-state index < -0.39 is 0 Å². The number of rotatable bonds is 6. The van der Waals surface area contributed by atoms with Crippen LogP contribution in [0.25, 0.3) is 10.2 Å². The largest absolute Gasteiger partial charge is 0.465 e. The highest BCUT2D eigenvalue weighted by atomic mass is 32.1. The van der Waals surface area contributed by atoms with Gasteiger partial charge in [0.15, 0.2) is 5.13 Å². The average Bonchev–Trinajstić information content (AvgIpc) is 3.61. The molecule has 6 nitrogen and oxygen atoms in total. The number of imidazole rings is 1. The second-order valence-electron chi connectivity index (χ2n) is 9.47. The van der Waals surface area contributed by atoms with E-state index in [1.807, 2.05) is 36.5 Å². The Bertz CT molecular complexity index is 1480. The lowest BCUT2D eigenvalue weighted by atomic mass is 9.72. The van der Waals surface area contributed by atoms with E-state index in [9.17, 15) is 4.79 Å². The number of benzene rings is 3. The smallest absolute Gasteiger partial charge is 0.337 e. The van der Waals surface area contributed by atoms with E-state index in [1.54, 1.807) is 11.3 Å². The minimum absolute atomic E-state index is 0.191. The number of ether oxygens (including phenoxy) is 1. The number of hydrogen-bond acceptors (Lipinski definition) is 6. The van der Waals surface area contributed by atoms with E-state index in [0.717, 1.165) is 48.0 Å². The van der Waals surface area contributed by atoms with Crippen molar-refractivity contribution >= 4 is 32.7 Å². The standard InChI is InChI=1S/C30H28N4O2S/c1-36-27(35)23-13-11-22(12-14-23)21-34-20-17-31-28(34)30(24-7-3-2-4-8-24)15-18-33(19-16-30)29-32-25-9-5-6-10-26(25)37-29/h2-14,17,20H,15-16,18-19,21H2,1H3. The molecule has 0 amide bonds. The molecule has 1 fully saturated rings. The molecule has 37 heavy (non-hydrogen) atoms. The van der Waals surface area contributed by atoms with Gasteiger partial charge in [0, 0.05) is 32.0 Å². The summed E-state index contributed by atoms with van der Waals surface area (Å²) in [5, 5.41) is 1.09. The summed E-state index contributed by atoms with van der Waals surface area (Å²) in [6.45, 7) is 2.51. The molecule has 0 atom stereocenters. The third-order valence-corrected chi connectivity index (χ3v) is 8.47. The third kappa shape index (κ3) is 4.40. The Morgan fingerprint density at radius 2 is 1.70 bits per heavy atom. The van der Waals surface area contributed by atoms with Crippen molar-refractivity contribution in [3.8, 4) is 0 Å². The highest BCUT2D eigenvalue weighted by molar-refractivity contribution is 7.22. The van der Waals surface area contributed by atoms with Crippen LogP contribution in [0.15, 0.2) is 91.3 Å². The van der Waals surface area contributed by atoms with Crippen LogP contribution in [0, 0.1) is 0 Å². The molecule has 1 saturated heterocycles. The van der Waals surface area contributed by atoms with E-state index in [2.05, 4.69) is 64.2 Å². The van der Waals surface area contributed by atoms with Gasteiger partial charge in [-0.2, -0.15) is 0 Å². The summed E-state index contributed by atoms with van der Waals surface area (Å²) in [6.07, 6.45) is 5.87. The van der Waals surface area contributed by atoms with Gasteiger partial charge in [0.05, 0.1) is 28.3 Å². The van der Waals surface area contributed by atoms with E-state index >= 15 is 0 Å². The first-order valence-electron chi connectivity index (χ1n) is 12.5. The molecule has 0 radical (unpaired) electrons. The molecule has 0 saturated carbocycles. The van der Waals surface area contributed by atoms with Crippen molar-refractivity contribution in [3.63, 3.8) is 0 Å². The maximum atomic E-state index is 11.8. The third-order valence-electron chi connectivity index (χ3n) is 7.37. The number of fused-ring (bicyclic) bond motifs is 1. The van der Waals surface area contributed by atoms with Crippen LogP contribution in [0.1, 0.15) is 40.2 Å². The zero-order valence-electron chi connectivity index (χ0n) is 20.7. The number of piperidine rings is 1. The van der Waals surface area contributed by atoms with Gasteiger partial charge in [0.1, 0.15) is 5.82 Å². The summed E-state index contributed by atoms with van der Waals surface area (Å²) in [5.74, 6) is 0.762. The van der Waals surface area contributed by atoms with Crippen molar-refractivity contribution < 1.29 is 9.53 Å². The molecular weight excluding hydrogens is 480 g/mol. The molecule has 0 unspecified atom stereocenters. The molecule has 3 heterocycles. The highest BCUT2D eigenvalue weighted by Gasteiger charge is 2.41. The Morgan fingerprint density at radius 1 is 0.973 bits per heavy atom. The van der Waals surface area contributed by atoms with Gasteiger partial charge in [0.25, 0.3) is 0 Å². The van der Waals surface area contributed by atoms with Crippen LogP contribution in [0.4, 0.5) is 5.13 Å². The van der Waals surface area contributed by atoms with Gasteiger partial charge in [-0.1, -0.05) is 65.9 Å². The first-order valence-corrected chi connectivity index (χ1v) is 13.3. The van der Waals surface area contributed by atoms with E-state index in [0.29, 0.717) is 12.1 Å². The number of carbonyl (C=O) groups is 1. The Labute approximate surface area is 220 Å². The van der Waals surface area contributed by atoms with Gasteiger partial charge in [-0.05, 0) is 48.2 Å². The predicted octanol–water partition coefficient (Wildman–Crippen LogP) is 5.91. The van der Waals surface area contributed by atoms with Crippen molar-refractivity contribution in [2.24, 2.45) is 0 Å². The minimum Gasteiger partial charge on any atom is -0.465 e. The Hall–Kier alpha value is -3.97. The number of esters is 1. The van der Waals surface area contributed by atoms with Crippen LogP contribution in [0.3, 0.4) is 0 Å². The van der Waals surface area contributed by atoms with Gasteiger partial charge in [-0.25, -0.2) is 14.8 Å². The number of hydrogen-bond donors (Lipinski definition) is 0. The Balaban J connectivity index is 1.30. The molecule has 0 aliphatic carbocycles. The van der Waals surface area contributed by atoms with Crippen molar-refractivity contribution in [1.82, 2.24) is 14.5 Å². The number of methoxy groups -OCH3 is 1. The summed E-state index contributed by atoms with van der Waals surface area (Å²) in [7, 11) is 1.40. The van der Waals surface area contributed by atoms with Gasteiger partial charge in [0.2, 0.25) is 0 Å². The van der Waals surface area contributed by atoms with E-state index in [4.69, 9.17) is 14.7 Å². The summed E-state index contributed by atoms with van der Waals surface area (Å²) >= 11 is 1.77. The molecule has 0 bridgehead atoms. The summed E-state index contributed by atoms with van der Waals surface area (Å²) in [6, 6.07) is 26.7. The van der Waals surface area contributed by atoms with E-state index in [-0.39, 0.29) is 11.4 Å². The zero-order valence-corrected chi connectivity index (χ0v) is 21.5. The van der Waals surface area contributed by atoms with Gasteiger partial charge >= 0.3 is 5.97 Å². The normalized spacial score (nSPS) is 15.1. The average molecular weight is 509 g/mol. The first kappa shape index (κ1) is 23.4.